The van der Waals surface area contributed by atoms with Gasteiger partial charge in [-0.15, -0.1) is 10.2 Å². The molecule has 1 aliphatic heterocycles. The number of carbonyl (C=O) groups is 1. The predicted octanol–water partition coefficient (Wildman–Crippen LogP) is 2.28. The molecule has 0 spiro atoms. The van der Waals surface area contributed by atoms with E-state index in [2.05, 4.69) is 20.5 Å². The smallest absolute Gasteiger partial charge is 0.236 e. The highest BCUT2D eigenvalue weighted by Gasteiger charge is 2.17. The first-order chi connectivity index (χ1) is 10.2. The zero-order chi connectivity index (χ0) is 14.7. The van der Waals surface area contributed by atoms with Crippen molar-refractivity contribution < 1.29 is 9.53 Å². The van der Waals surface area contributed by atoms with Gasteiger partial charge in [0.15, 0.2) is 10.2 Å². The number of aliphatic imine (C=N–C) groups is 1. The first-order valence-electron chi connectivity index (χ1n) is 6.23. The summed E-state index contributed by atoms with van der Waals surface area (Å²) in [6.45, 7) is 2.35. The normalized spacial score (nSPS) is 16.2. The maximum atomic E-state index is 11.1. The second kappa shape index (κ2) is 6.23. The van der Waals surface area contributed by atoms with E-state index in [1.54, 1.807) is 0 Å². The number of hydrogen-bond acceptors (Lipinski definition) is 7. The Morgan fingerprint density at radius 1 is 1.38 bits per heavy atom. The minimum Gasteiger partial charge on any atom is -0.486 e. The van der Waals surface area contributed by atoms with Crippen molar-refractivity contribution in [2.45, 2.75) is 13.5 Å². The van der Waals surface area contributed by atoms with E-state index in [4.69, 9.17) is 4.74 Å². The Labute approximate surface area is 129 Å². The molecule has 3 rings (SSSR count). The fourth-order valence-electron chi connectivity index (χ4n) is 1.68. The molecule has 1 aliphatic rings. The van der Waals surface area contributed by atoms with Crippen molar-refractivity contribution >= 4 is 39.3 Å². The molecule has 1 N–H and O–H groups in total. The fourth-order valence-corrected chi connectivity index (χ4v) is 3.04. The number of carbonyl (C=O) groups excluding carboxylic acids is 1. The first-order valence-corrected chi connectivity index (χ1v) is 8.03. The molecule has 1 aromatic heterocycles. The van der Waals surface area contributed by atoms with E-state index in [9.17, 15) is 4.79 Å². The van der Waals surface area contributed by atoms with Crippen LogP contribution in [0.25, 0.3) is 0 Å². The third kappa shape index (κ3) is 3.59. The quantitative estimate of drug-likeness (QED) is 0.935. The average molecular weight is 320 g/mol. The molecule has 21 heavy (non-hydrogen) atoms. The second-order valence-electron chi connectivity index (χ2n) is 4.29. The summed E-state index contributed by atoms with van der Waals surface area (Å²) in [6.07, 6.45) is 0. The van der Waals surface area contributed by atoms with Crippen LogP contribution in [-0.2, 0) is 11.4 Å². The predicted molar refractivity (Wildman–Crippen MR) is 83.1 cm³/mol. The highest BCUT2D eigenvalue weighted by atomic mass is 32.2. The summed E-state index contributed by atoms with van der Waals surface area (Å²) in [5, 5.41) is 12.5. The Morgan fingerprint density at radius 2 is 2.24 bits per heavy atom. The molecule has 8 heteroatoms. The Morgan fingerprint density at radius 3 is 3.00 bits per heavy atom. The van der Waals surface area contributed by atoms with Crippen molar-refractivity contribution in [3.05, 3.63) is 34.8 Å². The van der Waals surface area contributed by atoms with Gasteiger partial charge in [0, 0.05) is 0 Å². The van der Waals surface area contributed by atoms with Crippen LogP contribution < -0.4 is 10.1 Å². The van der Waals surface area contributed by atoms with Crippen LogP contribution in [0, 0.1) is 6.92 Å². The molecule has 0 saturated carbocycles. The van der Waals surface area contributed by atoms with E-state index in [1.165, 1.54) is 23.1 Å². The van der Waals surface area contributed by atoms with Gasteiger partial charge in [0.25, 0.3) is 0 Å². The lowest BCUT2D eigenvalue weighted by Gasteiger charge is -2.05. The van der Waals surface area contributed by atoms with E-state index in [1.807, 2.05) is 31.2 Å². The van der Waals surface area contributed by atoms with Crippen molar-refractivity contribution in [3.8, 4) is 5.75 Å². The van der Waals surface area contributed by atoms with Crippen molar-refractivity contribution in [1.82, 2.24) is 15.5 Å². The number of para-hydroxylation sites is 1. The monoisotopic (exact) mass is 320 g/mol. The number of ether oxygens (including phenoxy) is 1. The first kappa shape index (κ1) is 14.0. The Bertz CT molecular complexity index is 699. The van der Waals surface area contributed by atoms with Crippen LogP contribution in [-0.4, -0.2) is 27.0 Å². The molecule has 2 aromatic rings. The lowest BCUT2D eigenvalue weighted by atomic mass is 10.2. The number of aryl methyl sites for hydroxylation is 1. The van der Waals surface area contributed by atoms with Crippen LogP contribution in [0.5, 0.6) is 5.75 Å². The van der Waals surface area contributed by atoms with Gasteiger partial charge in [-0.1, -0.05) is 41.3 Å². The maximum absolute atomic E-state index is 11.1. The molecule has 0 bridgehead atoms. The number of hydrogen-bond donors (Lipinski definition) is 1. The molecule has 1 saturated heterocycles. The number of amidine groups is 1. The van der Waals surface area contributed by atoms with Gasteiger partial charge in [0.1, 0.15) is 12.4 Å². The van der Waals surface area contributed by atoms with Gasteiger partial charge >= 0.3 is 0 Å². The molecule has 0 radical (unpaired) electrons. The molecule has 108 valence electrons. The zero-order valence-corrected chi connectivity index (χ0v) is 12.8. The number of amides is 1. The summed E-state index contributed by atoms with van der Waals surface area (Å²) >= 11 is 2.71. The topological polar surface area (TPSA) is 76.5 Å². The largest absolute Gasteiger partial charge is 0.486 e. The maximum Gasteiger partial charge on any atom is 0.236 e. The molecule has 0 atom stereocenters. The van der Waals surface area contributed by atoms with Crippen molar-refractivity contribution in [2.24, 2.45) is 4.99 Å². The van der Waals surface area contributed by atoms with Gasteiger partial charge in [-0.25, -0.2) is 0 Å². The average Bonchev–Trinajstić information content (AvgIpc) is 3.08. The van der Waals surface area contributed by atoms with Gasteiger partial charge in [0.05, 0.1) is 5.75 Å². The molecular weight excluding hydrogens is 308 g/mol. The summed E-state index contributed by atoms with van der Waals surface area (Å²) in [5.41, 5.74) is 1.08. The third-order valence-corrected chi connectivity index (χ3v) is 4.35. The number of benzene rings is 1. The number of aromatic nitrogens is 2. The van der Waals surface area contributed by atoms with E-state index in [0.29, 0.717) is 22.7 Å². The fraction of sp³-hybridized carbons (Fsp3) is 0.231. The number of nitrogens with zero attached hydrogens (tertiary/aromatic N) is 3. The minimum atomic E-state index is -0.0358. The standard InChI is InChI=1S/C13H12N4O2S2/c1-8-4-2-3-5-9(8)19-6-11-16-17-13(21-11)15-12-14-10(18)7-20-12/h2-5H,6-7H2,1H3,(H,14,15,17,18). The molecule has 1 fully saturated rings. The Balaban J connectivity index is 1.63. The molecule has 0 unspecified atom stereocenters. The van der Waals surface area contributed by atoms with Crippen molar-refractivity contribution in [3.63, 3.8) is 0 Å². The van der Waals surface area contributed by atoms with Crippen LogP contribution in [0.1, 0.15) is 10.6 Å². The summed E-state index contributed by atoms with van der Waals surface area (Å²) in [4.78, 5) is 15.3. The Hall–Kier alpha value is -1.93. The van der Waals surface area contributed by atoms with Crippen LogP contribution in [0.3, 0.4) is 0 Å². The van der Waals surface area contributed by atoms with E-state index in [0.717, 1.165) is 16.3 Å². The molecule has 6 nitrogen and oxygen atoms in total. The highest BCUT2D eigenvalue weighted by molar-refractivity contribution is 8.15. The zero-order valence-electron chi connectivity index (χ0n) is 11.2. The van der Waals surface area contributed by atoms with Crippen molar-refractivity contribution in [1.29, 1.82) is 0 Å². The van der Waals surface area contributed by atoms with Gasteiger partial charge in [-0.05, 0) is 18.6 Å². The number of thioether (sulfide) groups is 1. The lowest BCUT2D eigenvalue weighted by Crippen LogP contribution is -2.19. The summed E-state index contributed by atoms with van der Waals surface area (Å²) in [5.74, 6) is 1.20. The highest BCUT2D eigenvalue weighted by Crippen LogP contribution is 2.23. The molecule has 0 aliphatic carbocycles. The third-order valence-electron chi connectivity index (χ3n) is 2.68. The number of nitrogens with one attached hydrogen (secondary N) is 1. The SMILES string of the molecule is Cc1ccccc1OCc1nnc(/N=C2\NC(=O)CS2)s1. The lowest BCUT2D eigenvalue weighted by molar-refractivity contribution is -0.116. The van der Waals surface area contributed by atoms with E-state index in [-0.39, 0.29) is 5.91 Å². The van der Waals surface area contributed by atoms with E-state index >= 15 is 0 Å². The summed E-state index contributed by atoms with van der Waals surface area (Å²) in [6, 6.07) is 7.81. The summed E-state index contributed by atoms with van der Waals surface area (Å²) < 4.78 is 5.71. The molecule has 2 heterocycles. The Kier molecular flexibility index (Phi) is 4.16. The van der Waals surface area contributed by atoms with Crippen molar-refractivity contribution in [2.75, 3.05) is 5.75 Å². The van der Waals surface area contributed by atoms with Crippen LogP contribution in [0.15, 0.2) is 29.3 Å². The number of rotatable bonds is 4. The van der Waals surface area contributed by atoms with Crippen LogP contribution in [0.2, 0.25) is 0 Å². The van der Waals surface area contributed by atoms with Gasteiger partial charge < -0.3 is 10.1 Å². The van der Waals surface area contributed by atoms with E-state index < -0.39 is 0 Å². The second-order valence-corrected chi connectivity index (χ2v) is 6.29. The van der Waals surface area contributed by atoms with Gasteiger partial charge in [-0.3, -0.25) is 4.79 Å². The summed E-state index contributed by atoms with van der Waals surface area (Å²) in [7, 11) is 0. The van der Waals surface area contributed by atoms with Gasteiger partial charge in [0.2, 0.25) is 11.0 Å². The molecule has 1 aromatic carbocycles. The minimum absolute atomic E-state index is 0.0358. The van der Waals surface area contributed by atoms with Crippen LogP contribution >= 0.6 is 23.1 Å². The van der Waals surface area contributed by atoms with Crippen LogP contribution in [0.4, 0.5) is 5.13 Å². The van der Waals surface area contributed by atoms with Gasteiger partial charge in [-0.2, -0.15) is 4.99 Å². The molecule has 1 amide bonds. The molecular formula is C13H12N4O2S2.